The van der Waals surface area contributed by atoms with E-state index in [1.54, 1.807) is 28.3 Å². The van der Waals surface area contributed by atoms with Crippen LogP contribution in [-0.2, 0) is 22.7 Å². The van der Waals surface area contributed by atoms with E-state index in [0.29, 0.717) is 19.6 Å². The minimum atomic E-state index is -0.321. The summed E-state index contributed by atoms with van der Waals surface area (Å²) in [6.07, 6.45) is 6.80. The van der Waals surface area contributed by atoms with Crippen LogP contribution in [0.2, 0.25) is 0 Å². The van der Waals surface area contributed by atoms with Gasteiger partial charge in [0.25, 0.3) is 0 Å². The summed E-state index contributed by atoms with van der Waals surface area (Å²) >= 11 is 0. The Bertz CT molecular complexity index is 941. The standard InChI is InChI=1S/C20H20N6O2/c27-19-8-17(12-25(19)11-16-2-1-7-21-9-16)20(28)23-10-15-3-5-18(6-4-15)26-14-22-13-24-26/h1-7,9,13-14,17H,8,10-12H2,(H,23,28)/t17-/m1/s1. The number of amides is 2. The molecular weight excluding hydrogens is 356 g/mol. The van der Waals surface area contributed by atoms with Crippen LogP contribution in [-0.4, -0.2) is 43.0 Å². The molecule has 0 spiro atoms. The Morgan fingerprint density at radius 1 is 1.14 bits per heavy atom. The van der Waals surface area contributed by atoms with Gasteiger partial charge in [0, 0.05) is 38.4 Å². The summed E-state index contributed by atoms with van der Waals surface area (Å²) in [7, 11) is 0. The molecule has 0 radical (unpaired) electrons. The van der Waals surface area contributed by atoms with Crippen LogP contribution < -0.4 is 5.32 Å². The number of nitrogens with one attached hydrogen (secondary N) is 1. The SMILES string of the molecule is O=C(NCc1ccc(-n2cncn2)cc1)[C@@H]1CC(=O)N(Cc2cccnc2)C1. The predicted molar refractivity (Wildman–Crippen MR) is 101 cm³/mol. The van der Waals surface area contributed by atoms with E-state index in [-0.39, 0.29) is 24.2 Å². The van der Waals surface area contributed by atoms with Crippen LogP contribution in [0.4, 0.5) is 0 Å². The van der Waals surface area contributed by atoms with Gasteiger partial charge >= 0.3 is 0 Å². The van der Waals surface area contributed by atoms with Crippen LogP contribution in [0.25, 0.3) is 5.69 Å². The Balaban J connectivity index is 1.30. The van der Waals surface area contributed by atoms with Gasteiger partial charge in [-0.25, -0.2) is 9.67 Å². The number of carbonyl (C=O) groups excluding carboxylic acids is 2. The Hall–Kier alpha value is -3.55. The molecule has 1 aliphatic rings. The molecule has 4 rings (SSSR count). The van der Waals surface area contributed by atoms with Crippen molar-refractivity contribution in [1.29, 1.82) is 0 Å². The van der Waals surface area contributed by atoms with Gasteiger partial charge in [0.15, 0.2) is 0 Å². The highest BCUT2D eigenvalue weighted by molar-refractivity contribution is 5.89. The molecule has 0 unspecified atom stereocenters. The summed E-state index contributed by atoms with van der Waals surface area (Å²) < 4.78 is 1.67. The van der Waals surface area contributed by atoms with Crippen molar-refractivity contribution in [3.05, 3.63) is 72.6 Å². The quantitative estimate of drug-likeness (QED) is 0.701. The maximum Gasteiger partial charge on any atom is 0.225 e. The lowest BCUT2D eigenvalue weighted by Crippen LogP contribution is -2.32. The van der Waals surface area contributed by atoms with Crippen LogP contribution in [0.5, 0.6) is 0 Å². The highest BCUT2D eigenvalue weighted by Crippen LogP contribution is 2.20. The molecule has 2 amide bonds. The first-order chi connectivity index (χ1) is 13.7. The number of likely N-dealkylation sites (tertiary alicyclic amines) is 1. The van der Waals surface area contributed by atoms with Gasteiger partial charge in [-0.1, -0.05) is 18.2 Å². The van der Waals surface area contributed by atoms with Crippen LogP contribution in [0, 0.1) is 5.92 Å². The van der Waals surface area contributed by atoms with Crippen molar-refractivity contribution in [2.75, 3.05) is 6.54 Å². The highest BCUT2D eigenvalue weighted by atomic mass is 16.2. The van der Waals surface area contributed by atoms with Crippen LogP contribution in [0.3, 0.4) is 0 Å². The lowest BCUT2D eigenvalue weighted by Gasteiger charge is -2.16. The second-order valence-corrected chi connectivity index (χ2v) is 6.76. The average molecular weight is 376 g/mol. The Labute approximate surface area is 162 Å². The molecule has 28 heavy (non-hydrogen) atoms. The maximum atomic E-state index is 12.5. The van der Waals surface area contributed by atoms with E-state index in [2.05, 4.69) is 20.4 Å². The molecule has 8 nitrogen and oxygen atoms in total. The molecule has 1 saturated heterocycles. The Morgan fingerprint density at radius 3 is 2.71 bits per heavy atom. The second kappa shape index (κ2) is 7.99. The first-order valence-corrected chi connectivity index (χ1v) is 9.07. The Kier molecular flexibility index (Phi) is 5.09. The van der Waals surface area contributed by atoms with Gasteiger partial charge in [-0.2, -0.15) is 5.10 Å². The molecule has 1 atom stereocenters. The molecule has 2 aromatic heterocycles. The van der Waals surface area contributed by atoms with Crippen LogP contribution >= 0.6 is 0 Å². The van der Waals surface area contributed by atoms with Crippen molar-refractivity contribution in [3.8, 4) is 5.69 Å². The normalized spacial score (nSPS) is 16.4. The zero-order valence-electron chi connectivity index (χ0n) is 15.2. The number of pyridine rings is 1. The molecule has 1 aromatic carbocycles. The molecule has 3 aromatic rings. The summed E-state index contributed by atoms with van der Waals surface area (Å²) in [5.41, 5.74) is 2.85. The third kappa shape index (κ3) is 4.06. The molecule has 1 fully saturated rings. The van der Waals surface area contributed by atoms with Crippen LogP contribution in [0.1, 0.15) is 17.5 Å². The molecule has 8 heteroatoms. The largest absolute Gasteiger partial charge is 0.352 e. The highest BCUT2D eigenvalue weighted by Gasteiger charge is 2.34. The van der Waals surface area contributed by atoms with Crippen molar-refractivity contribution in [1.82, 2.24) is 30.0 Å². The van der Waals surface area contributed by atoms with Gasteiger partial charge < -0.3 is 10.2 Å². The topological polar surface area (TPSA) is 93.0 Å². The molecule has 1 N–H and O–H groups in total. The summed E-state index contributed by atoms with van der Waals surface area (Å²) in [6, 6.07) is 11.5. The predicted octanol–water partition coefficient (Wildman–Crippen LogP) is 1.33. The fourth-order valence-corrected chi connectivity index (χ4v) is 3.25. The van der Waals surface area contributed by atoms with E-state index in [9.17, 15) is 9.59 Å². The van der Waals surface area contributed by atoms with Gasteiger partial charge in [0.1, 0.15) is 12.7 Å². The van der Waals surface area contributed by atoms with Gasteiger partial charge in [-0.15, -0.1) is 0 Å². The molecule has 3 heterocycles. The minimum Gasteiger partial charge on any atom is -0.352 e. The summed E-state index contributed by atoms with van der Waals surface area (Å²) in [4.78, 5) is 34.4. The fraction of sp³-hybridized carbons (Fsp3) is 0.250. The van der Waals surface area contributed by atoms with E-state index < -0.39 is 0 Å². The summed E-state index contributed by atoms with van der Waals surface area (Å²) in [5.74, 6) is -0.415. The molecular formula is C20H20N6O2. The number of nitrogens with zero attached hydrogens (tertiary/aromatic N) is 5. The molecule has 0 aliphatic carbocycles. The number of benzene rings is 1. The number of aromatic nitrogens is 4. The smallest absolute Gasteiger partial charge is 0.225 e. The first-order valence-electron chi connectivity index (χ1n) is 9.07. The molecule has 0 saturated carbocycles. The fourth-order valence-electron chi connectivity index (χ4n) is 3.25. The average Bonchev–Trinajstić information content (AvgIpc) is 3.38. The van der Waals surface area contributed by atoms with E-state index in [1.807, 2.05) is 36.4 Å². The molecule has 142 valence electrons. The van der Waals surface area contributed by atoms with Crippen LogP contribution in [0.15, 0.2) is 61.4 Å². The minimum absolute atomic E-state index is 0.00110. The number of rotatable bonds is 6. The van der Waals surface area contributed by atoms with E-state index >= 15 is 0 Å². The molecule has 1 aliphatic heterocycles. The Morgan fingerprint density at radius 2 is 2.00 bits per heavy atom. The van der Waals surface area contributed by atoms with Crippen molar-refractivity contribution in [2.24, 2.45) is 5.92 Å². The van der Waals surface area contributed by atoms with E-state index in [4.69, 9.17) is 0 Å². The second-order valence-electron chi connectivity index (χ2n) is 6.76. The number of carbonyl (C=O) groups is 2. The van der Waals surface area contributed by atoms with Gasteiger partial charge in [-0.05, 0) is 29.3 Å². The van der Waals surface area contributed by atoms with E-state index in [0.717, 1.165) is 16.8 Å². The van der Waals surface area contributed by atoms with E-state index in [1.165, 1.54) is 6.33 Å². The third-order valence-corrected chi connectivity index (χ3v) is 4.77. The van der Waals surface area contributed by atoms with Crippen molar-refractivity contribution >= 4 is 11.8 Å². The van der Waals surface area contributed by atoms with Crippen molar-refractivity contribution in [3.63, 3.8) is 0 Å². The number of hydrogen-bond donors (Lipinski definition) is 1. The zero-order valence-corrected chi connectivity index (χ0v) is 15.2. The lowest BCUT2D eigenvalue weighted by molar-refractivity contribution is -0.129. The summed E-state index contributed by atoms with van der Waals surface area (Å²) in [5, 5.41) is 7.02. The van der Waals surface area contributed by atoms with Crippen molar-refractivity contribution < 1.29 is 9.59 Å². The van der Waals surface area contributed by atoms with Gasteiger partial charge in [0.05, 0.1) is 11.6 Å². The third-order valence-electron chi connectivity index (χ3n) is 4.77. The zero-order chi connectivity index (χ0) is 19.3. The monoisotopic (exact) mass is 376 g/mol. The molecule has 0 bridgehead atoms. The van der Waals surface area contributed by atoms with Gasteiger partial charge in [-0.3, -0.25) is 14.6 Å². The van der Waals surface area contributed by atoms with Gasteiger partial charge in [0.2, 0.25) is 11.8 Å². The first kappa shape index (κ1) is 17.8. The summed E-state index contributed by atoms with van der Waals surface area (Å²) in [6.45, 7) is 1.34. The lowest BCUT2D eigenvalue weighted by atomic mass is 10.1. The maximum absolute atomic E-state index is 12.5. The van der Waals surface area contributed by atoms with Crippen molar-refractivity contribution in [2.45, 2.75) is 19.5 Å². The number of hydrogen-bond acceptors (Lipinski definition) is 5.